The predicted molar refractivity (Wildman–Crippen MR) is 133 cm³/mol. The first-order chi connectivity index (χ1) is 16.8. The first-order valence-electron chi connectivity index (χ1n) is 12.5. The van der Waals surface area contributed by atoms with Crippen molar-refractivity contribution in [3.63, 3.8) is 0 Å². The van der Waals surface area contributed by atoms with E-state index in [2.05, 4.69) is 29.6 Å². The molecule has 186 valence electrons. The number of hydrogen-bond donors (Lipinski definition) is 2. The molecule has 2 N–H and O–H groups in total. The monoisotopic (exact) mass is 478 g/mol. The number of carbonyl (C=O) groups is 3. The van der Waals surface area contributed by atoms with Crippen molar-refractivity contribution >= 4 is 18.0 Å². The number of aliphatic carboxylic acids is 1. The van der Waals surface area contributed by atoms with Gasteiger partial charge in [-0.15, -0.1) is 0 Å². The number of carboxylic acids is 1. The number of benzene rings is 2. The smallest absolute Gasteiger partial charge is 0.407 e. The topological polar surface area (TPSA) is 95.9 Å². The average Bonchev–Trinajstić information content (AvgIpc) is 3.42. The fourth-order valence-corrected chi connectivity index (χ4v) is 5.40. The van der Waals surface area contributed by atoms with Gasteiger partial charge in [0.2, 0.25) is 5.91 Å². The summed E-state index contributed by atoms with van der Waals surface area (Å²) >= 11 is 0. The third-order valence-electron chi connectivity index (χ3n) is 7.14. The molecule has 4 rings (SSSR count). The molecular weight excluding hydrogens is 444 g/mol. The Labute approximate surface area is 206 Å². The number of nitrogens with one attached hydrogen (secondary N) is 1. The molecule has 2 aromatic rings. The van der Waals surface area contributed by atoms with E-state index in [-0.39, 0.29) is 42.9 Å². The first kappa shape index (κ1) is 24.8. The summed E-state index contributed by atoms with van der Waals surface area (Å²) in [5.74, 6) is -0.964. The van der Waals surface area contributed by atoms with E-state index in [1.165, 1.54) is 22.3 Å². The van der Waals surface area contributed by atoms with Crippen molar-refractivity contribution in [2.75, 3.05) is 13.2 Å². The Morgan fingerprint density at radius 2 is 1.66 bits per heavy atom. The van der Waals surface area contributed by atoms with E-state index in [0.717, 1.165) is 6.42 Å². The van der Waals surface area contributed by atoms with Crippen LogP contribution in [-0.2, 0) is 14.3 Å². The van der Waals surface area contributed by atoms with Gasteiger partial charge in [0.15, 0.2) is 0 Å². The Kier molecular flexibility index (Phi) is 7.73. The van der Waals surface area contributed by atoms with Gasteiger partial charge in [-0.05, 0) is 61.8 Å². The molecule has 0 unspecified atom stereocenters. The number of carbonyl (C=O) groups excluding carboxylic acids is 2. The van der Waals surface area contributed by atoms with Crippen molar-refractivity contribution in [2.24, 2.45) is 5.92 Å². The first-order valence-corrected chi connectivity index (χ1v) is 12.5. The second-order valence-electron chi connectivity index (χ2n) is 9.80. The van der Waals surface area contributed by atoms with Crippen LogP contribution in [0.5, 0.6) is 0 Å². The van der Waals surface area contributed by atoms with E-state index in [4.69, 9.17) is 9.84 Å². The third kappa shape index (κ3) is 5.66. The molecule has 0 heterocycles. The highest BCUT2D eigenvalue weighted by atomic mass is 16.5. The van der Waals surface area contributed by atoms with Crippen LogP contribution in [0, 0.1) is 5.92 Å². The van der Waals surface area contributed by atoms with E-state index < -0.39 is 12.1 Å². The lowest BCUT2D eigenvalue weighted by atomic mass is 9.98. The van der Waals surface area contributed by atoms with E-state index in [9.17, 15) is 14.4 Å². The van der Waals surface area contributed by atoms with Crippen LogP contribution in [0.25, 0.3) is 11.1 Å². The summed E-state index contributed by atoms with van der Waals surface area (Å²) in [7, 11) is 0. The van der Waals surface area contributed by atoms with Gasteiger partial charge in [0.1, 0.15) is 6.61 Å². The van der Waals surface area contributed by atoms with Gasteiger partial charge in [0, 0.05) is 36.9 Å². The van der Waals surface area contributed by atoms with Gasteiger partial charge in [-0.2, -0.15) is 0 Å². The van der Waals surface area contributed by atoms with Crippen LogP contribution < -0.4 is 5.32 Å². The zero-order valence-electron chi connectivity index (χ0n) is 20.4. The molecule has 2 aliphatic rings. The number of alkyl carbamates (subject to hydrolysis) is 1. The summed E-state index contributed by atoms with van der Waals surface area (Å²) in [6, 6.07) is 16.4. The average molecular weight is 479 g/mol. The standard InChI is InChI=1S/C28H34N2O5/c1-18(2)30(15-7-12-26(31)32)27(33)19-13-14-20(16-19)29-28(34)35-17-25-23-10-5-3-8-21(23)22-9-4-6-11-24(22)25/h3-6,8-11,18-20,25H,7,12-17H2,1-2H3,(H,29,34)(H,31,32)/t19-,20+/m0/s1. The number of rotatable bonds is 9. The van der Waals surface area contributed by atoms with Gasteiger partial charge in [0.05, 0.1) is 0 Å². The molecule has 0 spiro atoms. The lowest BCUT2D eigenvalue weighted by molar-refractivity contribution is -0.140. The summed E-state index contributed by atoms with van der Waals surface area (Å²) in [5.41, 5.74) is 4.72. The fraction of sp³-hybridized carbons (Fsp3) is 0.464. The predicted octanol–water partition coefficient (Wildman–Crippen LogP) is 4.80. The number of ether oxygens (including phenoxy) is 1. The quantitative estimate of drug-likeness (QED) is 0.540. The Morgan fingerprint density at radius 1 is 1.03 bits per heavy atom. The van der Waals surface area contributed by atoms with Crippen molar-refractivity contribution in [1.29, 1.82) is 0 Å². The minimum Gasteiger partial charge on any atom is -0.481 e. The summed E-state index contributed by atoms with van der Waals surface area (Å²) in [5, 5.41) is 11.8. The number of fused-ring (bicyclic) bond motifs is 3. The van der Waals surface area contributed by atoms with Crippen molar-refractivity contribution in [3.05, 3.63) is 59.7 Å². The maximum atomic E-state index is 13.1. The zero-order valence-corrected chi connectivity index (χ0v) is 20.4. The lowest BCUT2D eigenvalue weighted by Gasteiger charge is -2.29. The van der Waals surface area contributed by atoms with Gasteiger partial charge >= 0.3 is 12.1 Å². The molecule has 0 saturated heterocycles. The summed E-state index contributed by atoms with van der Waals surface area (Å²) < 4.78 is 5.66. The number of amides is 2. The van der Waals surface area contributed by atoms with Crippen LogP contribution in [0.3, 0.4) is 0 Å². The third-order valence-corrected chi connectivity index (χ3v) is 7.14. The molecule has 0 aromatic heterocycles. The van der Waals surface area contributed by atoms with Gasteiger partial charge in [-0.25, -0.2) is 4.79 Å². The summed E-state index contributed by atoms with van der Waals surface area (Å²) in [6.07, 6.45) is 2.04. The second kappa shape index (κ2) is 10.9. The Bertz CT molecular complexity index is 1040. The Morgan fingerprint density at radius 3 is 2.26 bits per heavy atom. The highest BCUT2D eigenvalue weighted by molar-refractivity contribution is 5.80. The molecule has 1 saturated carbocycles. The van der Waals surface area contributed by atoms with Gasteiger partial charge in [-0.3, -0.25) is 9.59 Å². The van der Waals surface area contributed by atoms with Crippen molar-refractivity contribution < 1.29 is 24.2 Å². The van der Waals surface area contributed by atoms with Gasteiger partial charge in [0.25, 0.3) is 0 Å². The SMILES string of the molecule is CC(C)N(CCCC(=O)O)C(=O)[C@H]1CC[C@@H](NC(=O)OCC2c3ccccc3-c3ccccc32)C1. The van der Waals surface area contributed by atoms with Crippen molar-refractivity contribution in [3.8, 4) is 11.1 Å². The Balaban J connectivity index is 1.29. The number of carboxylic acid groups (broad SMARTS) is 1. The summed E-state index contributed by atoms with van der Waals surface area (Å²) in [6.45, 7) is 4.59. The molecule has 1 fully saturated rings. The van der Waals surface area contributed by atoms with Crippen LogP contribution in [0.15, 0.2) is 48.5 Å². The number of hydrogen-bond acceptors (Lipinski definition) is 4. The van der Waals surface area contributed by atoms with E-state index in [1.807, 2.05) is 38.1 Å². The molecule has 7 nitrogen and oxygen atoms in total. The largest absolute Gasteiger partial charge is 0.481 e. The van der Waals surface area contributed by atoms with Crippen LogP contribution in [0.4, 0.5) is 4.79 Å². The van der Waals surface area contributed by atoms with Crippen molar-refractivity contribution in [1.82, 2.24) is 10.2 Å². The fourth-order valence-electron chi connectivity index (χ4n) is 5.40. The molecule has 7 heteroatoms. The highest BCUT2D eigenvalue weighted by Gasteiger charge is 2.35. The van der Waals surface area contributed by atoms with Crippen LogP contribution in [0.1, 0.15) is 63.0 Å². The molecule has 0 radical (unpaired) electrons. The van der Waals surface area contributed by atoms with Gasteiger partial charge < -0.3 is 20.1 Å². The lowest BCUT2D eigenvalue weighted by Crippen LogP contribution is -2.42. The normalized spacial score (nSPS) is 18.7. The molecular formula is C28H34N2O5. The zero-order chi connectivity index (χ0) is 24.9. The number of nitrogens with zero attached hydrogens (tertiary/aromatic N) is 1. The van der Waals surface area contributed by atoms with E-state index >= 15 is 0 Å². The van der Waals surface area contributed by atoms with Gasteiger partial charge in [-0.1, -0.05) is 48.5 Å². The molecule has 2 amide bonds. The molecule has 2 aliphatic carbocycles. The molecule has 0 aliphatic heterocycles. The maximum absolute atomic E-state index is 13.1. The van der Waals surface area contributed by atoms with E-state index in [0.29, 0.717) is 25.8 Å². The minimum absolute atomic E-state index is 0.00503. The summed E-state index contributed by atoms with van der Waals surface area (Å²) in [4.78, 5) is 38.3. The minimum atomic E-state index is -0.852. The van der Waals surface area contributed by atoms with Crippen LogP contribution >= 0.6 is 0 Å². The molecule has 2 aromatic carbocycles. The maximum Gasteiger partial charge on any atom is 0.407 e. The van der Waals surface area contributed by atoms with Crippen molar-refractivity contribution in [2.45, 2.75) is 64.0 Å². The molecule has 2 atom stereocenters. The molecule has 0 bridgehead atoms. The Hall–Kier alpha value is -3.35. The van der Waals surface area contributed by atoms with Crippen LogP contribution in [-0.4, -0.2) is 53.2 Å². The molecule has 35 heavy (non-hydrogen) atoms. The second-order valence-corrected chi connectivity index (χ2v) is 9.80. The van der Waals surface area contributed by atoms with Crippen LogP contribution in [0.2, 0.25) is 0 Å². The highest BCUT2D eigenvalue weighted by Crippen LogP contribution is 2.44. The van der Waals surface area contributed by atoms with E-state index in [1.54, 1.807) is 4.90 Å².